The van der Waals surface area contributed by atoms with Crippen LogP contribution in [-0.2, 0) is 24.4 Å². The van der Waals surface area contributed by atoms with E-state index in [4.69, 9.17) is 13.6 Å². The van der Waals surface area contributed by atoms with Gasteiger partial charge in [0, 0.05) is 20.0 Å². The van der Waals surface area contributed by atoms with Crippen molar-refractivity contribution in [1.29, 1.82) is 0 Å². The van der Waals surface area contributed by atoms with Crippen LogP contribution in [0.15, 0.2) is 81.8 Å². The minimum Gasteiger partial charge on any atom is -0.486 e. The van der Waals surface area contributed by atoms with Gasteiger partial charge in [-0.2, -0.15) is 0 Å². The fourth-order valence-electron chi connectivity index (χ4n) is 4.98. The van der Waals surface area contributed by atoms with E-state index in [-0.39, 0.29) is 30.2 Å². The van der Waals surface area contributed by atoms with E-state index < -0.39 is 0 Å². The third-order valence-corrected chi connectivity index (χ3v) is 6.90. The largest absolute Gasteiger partial charge is 0.486 e. The lowest BCUT2D eigenvalue weighted by Crippen LogP contribution is -2.40. The lowest BCUT2D eigenvalue weighted by atomic mass is 9.87. The predicted octanol–water partition coefficient (Wildman–Crippen LogP) is 5.92. The van der Waals surface area contributed by atoms with Crippen molar-refractivity contribution in [1.82, 2.24) is 9.80 Å². The van der Waals surface area contributed by atoms with Crippen LogP contribution >= 0.6 is 0 Å². The van der Waals surface area contributed by atoms with Gasteiger partial charge in [0.15, 0.2) is 5.76 Å². The van der Waals surface area contributed by atoms with Gasteiger partial charge in [-0.3, -0.25) is 9.59 Å². The molecule has 1 atom stereocenters. The quantitative estimate of drug-likeness (QED) is 0.293. The molecule has 38 heavy (non-hydrogen) atoms. The number of hydrogen-bond acceptors (Lipinski definition) is 5. The van der Waals surface area contributed by atoms with Crippen molar-refractivity contribution < 1.29 is 23.2 Å². The molecule has 0 fully saturated rings. The topological polar surface area (TPSA) is 76.1 Å². The SMILES string of the molecule is CCC(=O)N1CCc2ccc(OCc3ccc(C(=O)N(C)Cc4ccco4)o3)cc2[C@H]1c1cccc(C)c1. The van der Waals surface area contributed by atoms with E-state index in [9.17, 15) is 9.59 Å². The van der Waals surface area contributed by atoms with Crippen LogP contribution in [0.4, 0.5) is 0 Å². The van der Waals surface area contributed by atoms with E-state index in [1.807, 2.05) is 36.1 Å². The number of fused-ring (bicyclic) bond motifs is 1. The van der Waals surface area contributed by atoms with Crippen LogP contribution in [0, 0.1) is 6.92 Å². The molecule has 3 heterocycles. The zero-order chi connectivity index (χ0) is 26.6. The van der Waals surface area contributed by atoms with Crippen molar-refractivity contribution in [3.8, 4) is 5.75 Å². The number of carbonyl (C=O) groups is 2. The molecule has 0 saturated heterocycles. The number of aryl methyl sites for hydroxylation is 1. The summed E-state index contributed by atoms with van der Waals surface area (Å²) >= 11 is 0. The van der Waals surface area contributed by atoms with Gasteiger partial charge >= 0.3 is 0 Å². The van der Waals surface area contributed by atoms with Gasteiger partial charge in [0.1, 0.15) is 23.9 Å². The molecule has 0 spiro atoms. The molecule has 1 aliphatic rings. The molecule has 2 amide bonds. The van der Waals surface area contributed by atoms with Crippen molar-refractivity contribution in [2.45, 2.75) is 45.9 Å². The molecule has 1 aliphatic heterocycles. The summed E-state index contributed by atoms with van der Waals surface area (Å²) in [5, 5.41) is 0. The van der Waals surface area contributed by atoms with Gasteiger partial charge in [-0.15, -0.1) is 0 Å². The van der Waals surface area contributed by atoms with Crippen LogP contribution in [0.2, 0.25) is 0 Å². The summed E-state index contributed by atoms with van der Waals surface area (Å²) < 4.78 is 17.2. The van der Waals surface area contributed by atoms with Crippen LogP contribution in [0.5, 0.6) is 5.75 Å². The summed E-state index contributed by atoms with van der Waals surface area (Å²) in [6.45, 7) is 5.20. The second-order valence-electron chi connectivity index (χ2n) is 9.66. The van der Waals surface area contributed by atoms with E-state index >= 15 is 0 Å². The molecule has 0 saturated carbocycles. The molecule has 0 radical (unpaired) electrons. The summed E-state index contributed by atoms with van der Waals surface area (Å²) in [5.74, 6) is 2.09. The minimum atomic E-state index is -0.233. The summed E-state index contributed by atoms with van der Waals surface area (Å²) in [4.78, 5) is 29.1. The smallest absolute Gasteiger partial charge is 0.289 e. The normalized spacial score (nSPS) is 14.7. The Kier molecular flexibility index (Phi) is 7.36. The zero-order valence-electron chi connectivity index (χ0n) is 22.0. The molecule has 0 N–H and O–H groups in total. The Bertz CT molecular complexity index is 1420. The average molecular weight is 513 g/mol. The Balaban J connectivity index is 1.32. The summed E-state index contributed by atoms with van der Waals surface area (Å²) in [7, 11) is 1.70. The predicted molar refractivity (Wildman–Crippen MR) is 143 cm³/mol. The average Bonchev–Trinajstić information content (AvgIpc) is 3.62. The number of benzene rings is 2. The molecule has 4 aromatic rings. The van der Waals surface area contributed by atoms with E-state index in [0.29, 0.717) is 36.8 Å². The highest BCUT2D eigenvalue weighted by Gasteiger charge is 2.31. The Hall–Kier alpha value is -4.26. The number of rotatable bonds is 8. The second kappa shape index (κ2) is 11.0. The van der Waals surface area contributed by atoms with Crippen LogP contribution in [-0.4, -0.2) is 35.2 Å². The highest BCUT2D eigenvalue weighted by molar-refractivity contribution is 5.91. The number of amides is 2. The number of furan rings is 2. The Morgan fingerprint density at radius 2 is 1.92 bits per heavy atom. The highest BCUT2D eigenvalue weighted by atomic mass is 16.5. The van der Waals surface area contributed by atoms with E-state index in [0.717, 1.165) is 23.1 Å². The zero-order valence-corrected chi connectivity index (χ0v) is 22.0. The molecule has 2 aromatic carbocycles. The molecule has 0 aliphatic carbocycles. The second-order valence-corrected chi connectivity index (χ2v) is 9.66. The van der Waals surface area contributed by atoms with Gasteiger partial charge in [0.2, 0.25) is 5.91 Å². The Labute approximate surface area is 222 Å². The first-order valence-electron chi connectivity index (χ1n) is 12.9. The monoisotopic (exact) mass is 512 g/mol. The Morgan fingerprint density at radius 1 is 1.05 bits per heavy atom. The molecule has 0 unspecified atom stereocenters. The third-order valence-electron chi connectivity index (χ3n) is 6.90. The van der Waals surface area contributed by atoms with E-state index in [2.05, 4.69) is 31.2 Å². The van der Waals surface area contributed by atoms with Crippen molar-refractivity contribution >= 4 is 11.8 Å². The first kappa shape index (κ1) is 25.4. The van der Waals surface area contributed by atoms with Crippen LogP contribution in [0.25, 0.3) is 0 Å². The maximum atomic E-state index is 12.9. The van der Waals surface area contributed by atoms with Gasteiger partial charge in [-0.25, -0.2) is 0 Å². The summed E-state index contributed by atoms with van der Waals surface area (Å²) in [6.07, 6.45) is 2.85. The van der Waals surface area contributed by atoms with Gasteiger partial charge in [0.05, 0.1) is 18.8 Å². The van der Waals surface area contributed by atoms with Gasteiger partial charge < -0.3 is 23.4 Å². The summed E-state index contributed by atoms with van der Waals surface area (Å²) in [5.41, 5.74) is 4.55. The van der Waals surface area contributed by atoms with E-state index in [1.54, 1.807) is 36.4 Å². The fraction of sp³-hybridized carbons (Fsp3) is 0.290. The lowest BCUT2D eigenvalue weighted by molar-refractivity contribution is -0.132. The third kappa shape index (κ3) is 5.37. The van der Waals surface area contributed by atoms with Gasteiger partial charge in [0.25, 0.3) is 5.91 Å². The van der Waals surface area contributed by atoms with Crippen LogP contribution < -0.4 is 4.74 Å². The Morgan fingerprint density at radius 3 is 2.68 bits per heavy atom. The molecule has 7 heteroatoms. The minimum absolute atomic E-state index is 0.137. The molecule has 5 rings (SSSR count). The standard InChI is InChI=1S/C31H32N2O5/c1-4-29(34)33-15-14-22-10-11-24(18-27(22)30(33)23-8-5-7-21(2)17-23)37-20-26-12-13-28(38-26)31(35)32(3)19-25-9-6-16-36-25/h5-13,16-18,30H,4,14-15,19-20H2,1-3H3/t30-/m1/s1. The molecular weight excluding hydrogens is 480 g/mol. The fourth-order valence-corrected chi connectivity index (χ4v) is 4.98. The van der Waals surface area contributed by atoms with Gasteiger partial charge in [-0.1, -0.05) is 42.8 Å². The molecule has 196 valence electrons. The summed E-state index contributed by atoms with van der Waals surface area (Å²) in [6, 6.07) is 21.3. The number of carbonyl (C=O) groups excluding carboxylic acids is 2. The van der Waals surface area contributed by atoms with Crippen molar-refractivity contribution in [2.24, 2.45) is 0 Å². The maximum Gasteiger partial charge on any atom is 0.289 e. The maximum absolute atomic E-state index is 12.9. The number of nitrogens with zero attached hydrogens (tertiary/aromatic N) is 2. The number of hydrogen-bond donors (Lipinski definition) is 0. The molecule has 7 nitrogen and oxygen atoms in total. The van der Waals surface area contributed by atoms with Crippen molar-refractivity contribution in [2.75, 3.05) is 13.6 Å². The highest BCUT2D eigenvalue weighted by Crippen LogP contribution is 2.38. The molecule has 0 bridgehead atoms. The van der Waals surface area contributed by atoms with Crippen molar-refractivity contribution in [3.63, 3.8) is 0 Å². The van der Waals surface area contributed by atoms with E-state index in [1.165, 1.54) is 5.56 Å². The van der Waals surface area contributed by atoms with Crippen LogP contribution in [0.1, 0.15) is 63.7 Å². The molecular formula is C31H32N2O5. The number of ether oxygens (including phenoxy) is 1. The van der Waals surface area contributed by atoms with Crippen LogP contribution in [0.3, 0.4) is 0 Å². The van der Waals surface area contributed by atoms with Crippen molar-refractivity contribution in [3.05, 3.63) is 113 Å². The first-order valence-corrected chi connectivity index (χ1v) is 12.9. The first-order chi connectivity index (χ1) is 18.4. The molecule has 2 aromatic heterocycles. The lowest BCUT2D eigenvalue weighted by Gasteiger charge is -2.38. The van der Waals surface area contributed by atoms with Gasteiger partial charge in [-0.05, 0) is 66.4 Å².